The molecular weight excluding hydrogens is 412 g/mol. The van der Waals surface area contributed by atoms with E-state index in [2.05, 4.69) is 10.0 Å². The van der Waals surface area contributed by atoms with Crippen LogP contribution in [0.15, 0.2) is 83.8 Å². The fourth-order valence-corrected chi connectivity index (χ4v) is 4.34. The summed E-state index contributed by atoms with van der Waals surface area (Å²) in [6, 6.07) is 23.4. The summed E-state index contributed by atoms with van der Waals surface area (Å²) in [5.41, 5.74) is 1.60. The van der Waals surface area contributed by atoms with Gasteiger partial charge < -0.3 is 10.1 Å². The number of amides is 1. The monoisotopic (exact) mass is 436 g/mol. The highest BCUT2D eigenvalue weighted by Gasteiger charge is 2.27. The molecule has 0 saturated heterocycles. The Labute approximate surface area is 182 Å². The van der Waals surface area contributed by atoms with Crippen LogP contribution in [-0.2, 0) is 21.2 Å². The van der Waals surface area contributed by atoms with Gasteiger partial charge in [-0.2, -0.15) is 0 Å². The molecule has 0 bridgehead atoms. The van der Waals surface area contributed by atoms with E-state index in [0.717, 1.165) is 24.2 Å². The number of carbonyl (C=O) groups is 1. The molecule has 0 heterocycles. The number of benzene rings is 3. The summed E-state index contributed by atoms with van der Waals surface area (Å²) in [6.45, 7) is 0. The molecule has 7 heteroatoms. The Balaban J connectivity index is 1.26. The van der Waals surface area contributed by atoms with Crippen LogP contribution >= 0.6 is 0 Å². The first-order valence-electron chi connectivity index (χ1n) is 10.2. The average molecular weight is 437 g/mol. The molecule has 0 aliphatic heterocycles. The van der Waals surface area contributed by atoms with Crippen molar-refractivity contribution in [2.45, 2.75) is 36.6 Å². The van der Waals surface area contributed by atoms with Gasteiger partial charge in [0.1, 0.15) is 11.5 Å². The van der Waals surface area contributed by atoms with Gasteiger partial charge in [0.05, 0.1) is 4.90 Å². The lowest BCUT2D eigenvalue weighted by Gasteiger charge is -2.09. The highest BCUT2D eigenvalue weighted by molar-refractivity contribution is 7.89. The topological polar surface area (TPSA) is 84.5 Å². The second-order valence-electron chi connectivity index (χ2n) is 7.53. The Morgan fingerprint density at radius 1 is 0.871 bits per heavy atom. The number of carbonyl (C=O) groups excluding carboxylic acids is 1. The highest BCUT2D eigenvalue weighted by atomic mass is 32.2. The largest absolute Gasteiger partial charge is 0.457 e. The minimum Gasteiger partial charge on any atom is -0.457 e. The summed E-state index contributed by atoms with van der Waals surface area (Å²) in [4.78, 5) is 12.5. The van der Waals surface area contributed by atoms with E-state index in [1.807, 2.05) is 30.3 Å². The van der Waals surface area contributed by atoms with E-state index in [9.17, 15) is 13.2 Å². The third-order valence-electron chi connectivity index (χ3n) is 4.89. The molecule has 0 spiro atoms. The SMILES string of the molecule is O=C(CCc1ccc(S(=O)(=O)NC2CC2)cc1)Nc1ccc(Oc2ccccc2)cc1. The van der Waals surface area contributed by atoms with Crippen molar-refractivity contribution >= 4 is 21.6 Å². The fraction of sp³-hybridized carbons (Fsp3) is 0.208. The smallest absolute Gasteiger partial charge is 0.240 e. The molecule has 3 aromatic rings. The van der Waals surface area contributed by atoms with E-state index < -0.39 is 10.0 Å². The Morgan fingerprint density at radius 3 is 2.16 bits per heavy atom. The van der Waals surface area contributed by atoms with E-state index in [1.165, 1.54) is 0 Å². The molecule has 160 valence electrons. The van der Waals surface area contributed by atoms with Crippen LogP contribution in [0.1, 0.15) is 24.8 Å². The van der Waals surface area contributed by atoms with Crippen LogP contribution in [0.3, 0.4) is 0 Å². The molecule has 2 N–H and O–H groups in total. The van der Waals surface area contributed by atoms with Crippen molar-refractivity contribution in [1.82, 2.24) is 4.72 Å². The van der Waals surface area contributed by atoms with Crippen LogP contribution in [0.25, 0.3) is 0 Å². The minimum absolute atomic E-state index is 0.0762. The Bertz CT molecular complexity index is 1120. The van der Waals surface area contributed by atoms with E-state index in [1.54, 1.807) is 48.5 Å². The van der Waals surface area contributed by atoms with E-state index in [0.29, 0.717) is 24.3 Å². The standard InChI is InChI=1S/C24H24N2O4S/c27-24(25-19-11-13-22(14-12-19)30-21-4-2-1-3-5-21)17-8-18-6-15-23(16-7-18)31(28,29)26-20-9-10-20/h1-7,11-16,20,26H,8-10,17H2,(H,25,27). The van der Waals surface area contributed by atoms with Gasteiger partial charge in [0.15, 0.2) is 0 Å². The molecule has 1 saturated carbocycles. The molecule has 1 aliphatic carbocycles. The number of anilines is 1. The number of sulfonamides is 1. The molecule has 0 atom stereocenters. The Kier molecular flexibility index (Phi) is 6.34. The maximum absolute atomic E-state index is 12.3. The van der Waals surface area contributed by atoms with E-state index in [-0.39, 0.29) is 16.8 Å². The van der Waals surface area contributed by atoms with Gasteiger partial charge in [0.25, 0.3) is 0 Å². The van der Waals surface area contributed by atoms with Gasteiger partial charge in [-0.25, -0.2) is 13.1 Å². The molecule has 0 radical (unpaired) electrons. The Hall–Kier alpha value is -3.16. The summed E-state index contributed by atoms with van der Waals surface area (Å²) in [5, 5.41) is 2.87. The van der Waals surface area contributed by atoms with Crippen molar-refractivity contribution < 1.29 is 17.9 Å². The molecule has 31 heavy (non-hydrogen) atoms. The van der Waals surface area contributed by atoms with Crippen molar-refractivity contribution in [2.24, 2.45) is 0 Å². The number of aryl methyl sites for hydroxylation is 1. The number of ether oxygens (including phenoxy) is 1. The number of para-hydroxylation sites is 1. The first-order valence-corrected chi connectivity index (χ1v) is 11.7. The maximum Gasteiger partial charge on any atom is 0.240 e. The second kappa shape index (κ2) is 9.32. The number of hydrogen-bond acceptors (Lipinski definition) is 4. The number of rotatable bonds is 9. The van der Waals surface area contributed by atoms with Crippen LogP contribution in [0.4, 0.5) is 5.69 Å². The molecule has 1 amide bonds. The molecule has 1 aliphatic rings. The minimum atomic E-state index is -3.45. The lowest BCUT2D eigenvalue weighted by atomic mass is 10.1. The normalized spacial score (nSPS) is 13.5. The number of nitrogens with one attached hydrogen (secondary N) is 2. The number of hydrogen-bond donors (Lipinski definition) is 2. The zero-order valence-corrected chi connectivity index (χ0v) is 17.8. The average Bonchev–Trinajstić information content (AvgIpc) is 3.58. The highest BCUT2D eigenvalue weighted by Crippen LogP contribution is 2.23. The van der Waals surface area contributed by atoms with Crippen molar-refractivity contribution in [3.8, 4) is 11.5 Å². The lowest BCUT2D eigenvalue weighted by molar-refractivity contribution is -0.116. The molecule has 3 aromatic carbocycles. The molecular formula is C24H24N2O4S. The van der Waals surface area contributed by atoms with Crippen LogP contribution < -0.4 is 14.8 Å². The summed E-state index contributed by atoms with van der Waals surface area (Å²) < 4.78 is 32.8. The van der Waals surface area contributed by atoms with Gasteiger partial charge in [-0.05, 0) is 73.4 Å². The van der Waals surface area contributed by atoms with Gasteiger partial charge in [-0.3, -0.25) is 4.79 Å². The maximum atomic E-state index is 12.3. The van der Waals surface area contributed by atoms with Gasteiger partial charge in [-0.15, -0.1) is 0 Å². The van der Waals surface area contributed by atoms with Gasteiger partial charge >= 0.3 is 0 Å². The predicted molar refractivity (Wildman–Crippen MR) is 120 cm³/mol. The fourth-order valence-electron chi connectivity index (χ4n) is 3.04. The molecule has 6 nitrogen and oxygen atoms in total. The zero-order valence-electron chi connectivity index (χ0n) is 17.0. The second-order valence-corrected chi connectivity index (χ2v) is 9.24. The Morgan fingerprint density at radius 2 is 1.52 bits per heavy atom. The van der Waals surface area contributed by atoms with Crippen LogP contribution in [0, 0.1) is 0 Å². The van der Waals surface area contributed by atoms with Crippen LogP contribution in [0.5, 0.6) is 11.5 Å². The summed E-state index contributed by atoms with van der Waals surface area (Å²) >= 11 is 0. The van der Waals surface area contributed by atoms with Gasteiger partial charge in [0.2, 0.25) is 15.9 Å². The van der Waals surface area contributed by atoms with Crippen molar-refractivity contribution in [2.75, 3.05) is 5.32 Å². The summed E-state index contributed by atoms with van der Waals surface area (Å²) in [7, 11) is -3.45. The zero-order chi connectivity index (χ0) is 21.7. The quantitative estimate of drug-likeness (QED) is 0.518. The lowest BCUT2D eigenvalue weighted by Crippen LogP contribution is -2.25. The van der Waals surface area contributed by atoms with Crippen LogP contribution in [-0.4, -0.2) is 20.4 Å². The van der Waals surface area contributed by atoms with Crippen LogP contribution in [0.2, 0.25) is 0 Å². The van der Waals surface area contributed by atoms with Crippen molar-refractivity contribution in [3.63, 3.8) is 0 Å². The molecule has 1 fully saturated rings. The molecule has 4 rings (SSSR count). The summed E-state index contributed by atoms with van der Waals surface area (Å²) in [5.74, 6) is 1.33. The predicted octanol–water partition coefficient (Wildman–Crippen LogP) is 4.49. The summed E-state index contributed by atoms with van der Waals surface area (Å²) in [6.07, 6.45) is 2.62. The van der Waals surface area contributed by atoms with E-state index in [4.69, 9.17) is 4.74 Å². The molecule has 0 aromatic heterocycles. The van der Waals surface area contributed by atoms with Gasteiger partial charge in [0, 0.05) is 18.2 Å². The first-order chi connectivity index (χ1) is 15.0. The molecule has 0 unspecified atom stereocenters. The van der Waals surface area contributed by atoms with Crippen molar-refractivity contribution in [3.05, 3.63) is 84.4 Å². The van der Waals surface area contributed by atoms with Crippen molar-refractivity contribution in [1.29, 1.82) is 0 Å². The van der Waals surface area contributed by atoms with E-state index >= 15 is 0 Å². The third-order valence-corrected chi connectivity index (χ3v) is 6.43. The first kappa shape index (κ1) is 21.1. The third kappa shape index (κ3) is 6.16. The van der Waals surface area contributed by atoms with Gasteiger partial charge in [-0.1, -0.05) is 30.3 Å².